The molecule has 0 saturated heterocycles. The number of sulfonamides is 1. The molecule has 0 aliphatic carbocycles. The summed E-state index contributed by atoms with van der Waals surface area (Å²) in [6, 6.07) is 9.76. The summed E-state index contributed by atoms with van der Waals surface area (Å²) in [4.78, 5) is 28.4. The Morgan fingerprint density at radius 3 is 2.17 bits per heavy atom. The Kier molecular flexibility index (Phi) is 8.56. The molecule has 2 aromatic carbocycles. The van der Waals surface area contributed by atoms with Gasteiger partial charge >= 0.3 is 0 Å². The number of ether oxygens (including phenoxy) is 1. The first-order valence-corrected chi connectivity index (χ1v) is 12.2. The van der Waals surface area contributed by atoms with Crippen molar-refractivity contribution in [3.63, 3.8) is 0 Å². The first-order valence-electron chi connectivity index (χ1n) is 10.4. The SMILES string of the molecule is CN(CCN(CC(N)=O)S(=O)(=O)c1cc(F)c(Oc2ccc(Cl)cc2)c(F)c1)C(=O)c1ccncc1. The highest BCUT2D eigenvalue weighted by atomic mass is 35.5. The number of carbonyl (C=O) groups is 2. The smallest absolute Gasteiger partial charge is 0.253 e. The van der Waals surface area contributed by atoms with E-state index >= 15 is 0 Å². The Morgan fingerprint density at radius 2 is 1.61 bits per heavy atom. The van der Waals surface area contributed by atoms with Gasteiger partial charge < -0.3 is 15.4 Å². The van der Waals surface area contributed by atoms with E-state index in [1.807, 2.05) is 0 Å². The van der Waals surface area contributed by atoms with E-state index in [-0.39, 0.29) is 18.8 Å². The molecule has 0 aliphatic heterocycles. The number of hydrogen-bond donors (Lipinski definition) is 1. The number of nitrogens with two attached hydrogens (primary N) is 1. The predicted octanol–water partition coefficient (Wildman–Crippen LogP) is 3.05. The van der Waals surface area contributed by atoms with Crippen LogP contribution in [0.2, 0.25) is 5.02 Å². The molecule has 0 spiro atoms. The molecular formula is C23H21ClF2N4O5S. The number of benzene rings is 2. The number of likely N-dealkylation sites (N-methyl/N-ethyl adjacent to an activating group) is 1. The van der Waals surface area contributed by atoms with E-state index in [0.29, 0.717) is 27.0 Å². The normalized spacial score (nSPS) is 11.4. The minimum atomic E-state index is -4.59. The van der Waals surface area contributed by atoms with Gasteiger partial charge in [-0.1, -0.05) is 11.6 Å². The van der Waals surface area contributed by atoms with Crippen molar-refractivity contribution in [2.75, 3.05) is 26.7 Å². The first kappa shape index (κ1) is 27.0. The summed E-state index contributed by atoms with van der Waals surface area (Å²) in [7, 11) is -3.16. The number of amides is 2. The van der Waals surface area contributed by atoms with E-state index in [0.717, 1.165) is 0 Å². The molecule has 3 rings (SSSR count). The van der Waals surface area contributed by atoms with Crippen LogP contribution in [0.5, 0.6) is 11.5 Å². The lowest BCUT2D eigenvalue weighted by Crippen LogP contribution is -2.43. The summed E-state index contributed by atoms with van der Waals surface area (Å²) in [5.74, 6) is -4.73. The van der Waals surface area contributed by atoms with Gasteiger partial charge in [0.25, 0.3) is 5.91 Å². The number of aromatic nitrogens is 1. The van der Waals surface area contributed by atoms with E-state index in [2.05, 4.69) is 4.98 Å². The van der Waals surface area contributed by atoms with Gasteiger partial charge in [-0.05, 0) is 48.5 Å². The summed E-state index contributed by atoms with van der Waals surface area (Å²) in [6.07, 6.45) is 2.85. The predicted molar refractivity (Wildman–Crippen MR) is 127 cm³/mol. The second-order valence-electron chi connectivity index (χ2n) is 7.54. The fourth-order valence-electron chi connectivity index (χ4n) is 3.09. The first-order chi connectivity index (χ1) is 17.0. The van der Waals surface area contributed by atoms with Crippen LogP contribution < -0.4 is 10.5 Å². The molecule has 0 unspecified atom stereocenters. The highest BCUT2D eigenvalue weighted by Crippen LogP contribution is 2.31. The zero-order valence-electron chi connectivity index (χ0n) is 18.9. The van der Waals surface area contributed by atoms with Gasteiger partial charge in [0.1, 0.15) is 5.75 Å². The van der Waals surface area contributed by atoms with Crippen LogP contribution >= 0.6 is 11.6 Å². The van der Waals surface area contributed by atoms with E-state index in [4.69, 9.17) is 22.1 Å². The molecule has 1 heterocycles. The molecule has 9 nitrogen and oxygen atoms in total. The molecule has 2 N–H and O–H groups in total. The summed E-state index contributed by atoms with van der Waals surface area (Å²) in [5.41, 5.74) is 5.51. The maximum absolute atomic E-state index is 14.7. The summed E-state index contributed by atoms with van der Waals surface area (Å²) >= 11 is 5.78. The van der Waals surface area contributed by atoms with Crippen molar-refractivity contribution in [1.82, 2.24) is 14.2 Å². The van der Waals surface area contributed by atoms with Gasteiger partial charge in [0, 0.05) is 43.1 Å². The summed E-state index contributed by atoms with van der Waals surface area (Å²) < 4.78 is 61.6. The molecule has 1 aromatic heterocycles. The van der Waals surface area contributed by atoms with Gasteiger partial charge in [0.2, 0.25) is 15.9 Å². The van der Waals surface area contributed by atoms with Crippen molar-refractivity contribution >= 4 is 33.4 Å². The zero-order chi connectivity index (χ0) is 26.5. The molecule has 36 heavy (non-hydrogen) atoms. The van der Waals surface area contributed by atoms with Gasteiger partial charge in [-0.15, -0.1) is 0 Å². The lowest BCUT2D eigenvalue weighted by atomic mass is 10.2. The second kappa shape index (κ2) is 11.4. The monoisotopic (exact) mass is 538 g/mol. The molecule has 0 aliphatic rings. The average molecular weight is 539 g/mol. The van der Waals surface area contributed by atoms with Crippen LogP contribution in [-0.4, -0.2) is 61.1 Å². The molecule has 0 radical (unpaired) electrons. The highest BCUT2D eigenvalue weighted by Gasteiger charge is 2.29. The molecular weight excluding hydrogens is 518 g/mol. The number of primary amides is 1. The Balaban J connectivity index is 1.83. The Bertz CT molecular complexity index is 1340. The van der Waals surface area contributed by atoms with Gasteiger partial charge in [-0.25, -0.2) is 17.2 Å². The Labute approximate surface area is 211 Å². The maximum atomic E-state index is 14.7. The highest BCUT2D eigenvalue weighted by molar-refractivity contribution is 7.89. The fourth-order valence-corrected chi connectivity index (χ4v) is 4.64. The lowest BCUT2D eigenvalue weighted by molar-refractivity contribution is -0.118. The Morgan fingerprint density at radius 1 is 1.03 bits per heavy atom. The van der Waals surface area contributed by atoms with Gasteiger partial charge in [-0.3, -0.25) is 14.6 Å². The van der Waals surface area contributed by atoms with Crippen molar-refractivity contribution in [3.05, 3.63) is 83.1 Å². The summed E-state index contributed by atoms with van der Waals surface area (Å²) in [5, 5.41) is 0.382. The zero-order valence-corrected chi connectivity index (χ0v) is 20.5. The standard InChI is InChI=1S/C23H21ClF2N4O5S/c1-29(23(32)15-6-8-28-9-7-15)10-11-30(14-21(27)31)36(33,34)18-12-19(25)22(20(26)13-18)35-17-4-2-16(24)3-5-17/h2-9,12-13H,10-11,14H2,1H3,(H2,27,31). The van der Waals surface area contributed by atoms with Gasteiger partial charge in [0.15, 0.2) is 17.4 Å². The molecule has 190 valence electrons. The van der Waals surface area contributed by atoms with Crippen LogP contribution in [0.15, 0.2) is 65.8 Å². The second-order valence-corrected chi connectivity index (χ2v) is 9.91. The van der Waals surface area contributed by atoms with E-state index in [9.17, 15) is 26.8 Å². The van der Waals surface area contributed by atoms with E-state index < -0.39 is 50.7 Å². The molecule has 0 atom stereocenters. The third-order valence-corrected chi connectivity index (χ3v) is 7.01. The van der Waals surface area contributed by atoms with E-state index in [1.54, 1.807) is 0 Å². The lowest BCUT2D eigenvalue weighted by Gasteiger charge is -2.24. The van der Waals surface area contributed by atoms with Crippen LogP contribution in [-0.2, 0) is 14.8 Å². The number of carbonyl (C=O) groups excluding carboxylic acids is 2. The number of pyridine rings is 1. The van der Waals surface area contributed by atoms with Crippen LogP contribution in [0.3, 0.4) is 0 Å². The third kappa shape index (κ3) is 6.53. The van der Waals surface area contributed by atoms with Crippen LogP contribution in [0, 0.1) is 11.6 Å². The minimum absolute atomic E-state index is 0.0741. The average Bonchev–Trinajstić information content (AvgIpc) is 2.84. The number of rotatable bonds is 10. The third-order valence-electron chi connectivity index (χ3n) is 4.93. The van der Waals surface area contributed by atoms with Crippen LogP contribution in [0.25, 0.3) is 0 Å². The van der Waals surface area contributed by atoms with Gasteiger partial charge in [0.05, 0.1) is 11.4 Å². The van der Waals surface area contributed by atoms with Crippen LogP contribution in [0.4, 0.5) is 8.78 Å². The topological polar surface area (TPSA) is 123 Å². The molecule has 3 aromatic rings. The van der Waals surface area contributed by atoms with E-state index in [1.165, 1.54) is 60.7 Å². The maximum Gasteiger partial charge on any atom is 0.253 e. The van der Waals surface area contributed by atoms with Crippen molar-refractivity contribution in [2.45, 2.75) is 4.90 Å². The summed E-state index contributed by atoms with van der Waals surface area (Å²) in [6.45, 7) is -1.28. The number of hydrogen-bond acceptors (Lipinski definition) is 6. The van der Waals surface area contributed by atoms with Crippen molar-refractivity contribution in [3.8, 4) is 11.5 Å². The molecule has 0 bridgehead atoms. The molecule has 0 fully saturated rings. The molecule has 13 heteroatoms. The Hall–Kier alpha value is -3.61. The molecule has 2 amide bonds. The molecule has 0 saturated carbocycles. The quantitative estimate of drug-likeness (QED) is 0.423. The fraction of sp³-hybridized carbons (Fsp3) is 0.174. The number of nitrogens with zero attached hydrogens (tertiary/aromatic N) is 3. The number of halogens is 3. The van der Waals surface area contributed by atoms with Crippen molar-refractivity contribution in [2.24, 2.45) is 5.73 Å². The van der Waals surface area contributed by atoms with Crippen molar-refractivity contribution in [1.29, 1.82) is 0 Å². The minimum Gasteiger partial charge on any atom is -0.451 e. The van der Waals surface area contributed by atoms with Gasteiger partial charge in [-0.2, -0.15) is 4.31 Å². The van der Waals surface area contributed by atoms with Crippen molar-refractivity contribution < 1.29 is 31.5 Å². The largest absolute Gasteiger partial charge is 0.451 e. The van der Waals surface area contributed by atoms with Crippen LogP contribution in [0.1, 0.15) is 10.4 Å².